The Morgan fingerprint density at radius 1 is 1.30 bits per heavy atom. The summed E-state index contributed by atoms with van der Waals surface area (Å²) in [5.41, 5.74) is 0.593. The maximum absolute atomic E-state index is 3.39. The van der Waals surface area contributed by atoms with E-state index in [1.54, 1.807) is 0 Å². The summed E-state index contributed by atoms with van der Waals surface area (Å²) in [7, 11) is 0. The molecule has 0 aliphatic carbocycles. The molecule has 10 heavy (non-hydrogen) atoms. The largest absolute Gasteiger partial charge is 0.317 e. The summed E-state index contributed by atoms with van der Waals surface area (Å²) in [6.45, 7) is 2.43. The highest BCUT2D eigenvalue weighted by Gasteiger charge is 2.31. The van der Waals surface area contributed by atoms with Crippen molar-refractivity contribution in [2.75, 3.05) is 18.8 Å². The van der Waals surface area contributed by atoms with Crippen LogP contribution in [0.3, 0.4) is 0 Å². The zero-order valence-electron chi connectivity index (χ0n) is 6.10. The van der Waals surface area contributed by atoms with Gasteiger partial charge in [-0.3, -0.25) is 0 Å². The van der Waals surface area contributed by atoms with Crippen LogP contribution < -0.4 is 5.32 Å². The number of thioether (sulfide) groups is 1. The summed E-state index contributed by atoms with van der Waals surface area (Å²) in [5.74, 6) is 1.33. The van der Waals surface area contributed by atoms with Gasteiger partial charge in [-0.15, -0.1) is 11.8 Å². The number of hydrogen-bond donors (Lipinski definition) is 1. The smallest absolute Gasteiger partial charge is 0.00666 e. The predicted molar refractivity (Wildman–Crippen MR) is 46.1 cm³/mol. The van der Waals surface area contributed by atoms with Crippen LogP contribution in [0, 0.1) is 5.41 Å². The molecule has 0 bridgehead atoms. The lowest BCUT2D eigenvalue weighted by Gasteiger charge is -2.31. The molecule has 0 unspecified atom stereocenters. The van der Waals surface area contributed by atoms with Gasteiger partial charge in [-0.25, -0.2) is 0 Å². The Bertz CT molecular complexity index is 147. The van der Waals surface area contributed by atoms with E-state index in [1.165, 1.54) is 31.7 Å². The molecule has 0 amide bonds. The third kappa shape index (κ3) is 1.10. The Morgan fingerprint density at radius 2 is 2.10 bits per heavy atom. The Labute approximate surface area is 66.3 Å². The van der Waals surface area contributed by atoms with E-state index in [1.807, 2.05) is 11.8 Å². The van der Waals surface area contributed by atoms with Crippen LogP contribution >= 0.6 is 11.8 Å². The highest BCUT2D eigenvalue weighted by Crippen LogP contribution is 2.39. The van der Waals surface area contributed by atoms with E-state index >= 15 is 0 Å². The van der Waals surface area contributed by atoms with Gasteiger partial charge in [0.25, 0.3) is 0 Å². The van der Waals surface area contributed by atoms with Crippen LogP contribution in [0.25, 0.3) is 0 Å². The molecule has 2 heteroatoms. The molecule has 0 aromatic rings. The van der Waals surface area contributed by atoms with Crippen molar-refractivity contribution in [3.8, 4) is 0 Å². The first-order valence-corrected chi connectivity index (χ1v) is 4.96. The standard InChI is InChI=1S/C8H13NS/c1-4-9-5-2-8(1)3-6-10-7-8/h3,6,9H,1-2,4-5,7H2. The zero-order chi connectivity index (χ0) is 6.86. The second-order valence-electron chi connectivity index (χ2n) is 3.23. The normalized spacial score (nSPS) is 29.6. The molecule has 2 rings (SSSR count). The summed E-state index contributed by atoms with van der Waals surface area (Å²) < 4.78 is 0. The first-order valence-electron chi connectivity index (χ1n) is 3.91. The summed E-state index contributed by atoms with van der Waals surface area (Å²) in [6, 6.07) is 0. The fourth-order valence-electron chi connectivity index (χ4n) is 1.69. The molecule has 1 saturated heterocycles. The lowest BCUT2D eigenvalue weighted by molar-refractivity contribution is 0.312. The van der Waals surface area contributed by atoms with Crippen LogP contribution in [0.2, 0.25) is 0 Å². The fraction of sp³-hybridized carbons (Fsp3) is 0.750. The minimum absolute atomic E-state index is 0.593. The SMILES string of the molecule is C1=CC2(CCNCC2)CS1. The van der Waals surface area contributed by atoms with E-state index in [4.69, 9.17) is 0 Å². The van der Waals surface area contributed by atoms with Crippen molar-refractivity contribution in [2.45, 2.75) is 12.8 Å². The van der Waals surface area contributed by atoms with Gasteiger partial charge in [-0.05, 0) is 31.3 Å². The number of nitrogens with one attached hydrogen (secondary N) is 1. The Morgan fingerprint density at radius 3 is 2.70 bits per heavy atom. The van der Waals surface area contributed by atoms with Gasteiger partial charge in [0, 0.05) is 11.2 Å². The van der Waals surface area contributed by atoms with Crippen molar-refractivity contribution in [1.82, 2.24) is 5.32 Å². The van der Waals surface area contributed by atoms with Crippen molar-refractivity contribution in [2.24, 2.45) is 5.41 Å². The van der Waals surface area contributed by atoms with E-state index in [9.17, 15) is 0 Å². The highest BCUT2D eigenvalue weighted by molar-refractivity contribution is 8.02. The van der Waals surface area contributed by atoms with E-state index in [2.05, 4.69) is 16.8 Å². The van der Waals surface area contributed by atoms with Crippen LogP contribution in [-0.2, 0) is 0 Å². The van der Waals surface area contributed by atoms with Gasteiger partial charge >= 0.3 is 0 Å². The van der Waals surface area contributed by atoms with Gasteiger partial charge < -0.3 is 5.32 Å². The molecular weight excluding hydrogens is 142 g/mol. The molecule has 2 heterocycles. The summed E-state index contributed by atoms with van der Waals surface area (Å²) in [4.78, 5) is 0. The number of hydrogen-bond acceptors (Lipinski definition) is 2. The van der Waals surface area contributed by atoms with E-state index in [0.29, 0.717) is 5.41 Å². The van der Waals surface area contributed by atoms with Gasteiger partial charge in [0.05, 0.1) is 0 Å². The van der Waals surface area contributed by atoms with E-state index in [-0.39, 0.29) is 0 Å². The minimum Gasteiger partial charge on any atom is -0.317 e. The Balaban J connectivity index is 2.05. The van der Waals surface area contributed by atoms with Crippen LogP contribution in [0.4, 0.5) is 0 Å². The topological polar surface area (TPSA) is 12.0 Å². The number of piperidine rings is 1. The minimum atomic E-state index is 0.593. The zero-order valence-corrected chi connectivity index (χ0v) is 6.91. The van der Waals surface area contributed by atoms with Gasteiger partial charge in [-0.1, -0.05) is 6.08 Å². The second-order valence-corrected chi connectivity index (χ2v) is 4.12. The fourth-order valence-corrected chi connectivity index (χ4v) is 2.89. The van der Waals surface area contributed by atoms with Crippen LogP contribution in [0.1, 0.15) is 12.8 Å². The van der Waals surface area contributed by atoms with Gasteiger partial charge in [0.15, 0.2) is 0 Å². The van der Waals surface area contributed by atoms with Crippen molar-refractivity contribution in [1.29, 1.82) is 0 Å². The van der Waals surface area contributed by atoms with E-state index in [0.717, 1.165) is 0 Å². The van der Waals surface area contributed by atoms with Crippen LogP contribution in [0.15, 0.2) is 11.5 Å². The molecule has 56 valence electrons. The van der Waals surface area contributed by atoms with Gasteiger partial charge in [-0.2, -0.15) is 0 Å². The van der Waals surface area contributed by atoms with Crippen LogP contribution in [-0.4, -0.2) is 18.8 Å². The Kier molecular flexibility index (Phi) is 1.75. The summed E-state index contributed by atoms with van der Waals surface area (Å²) in [5, 5.41) is 5.66. The van der Waals surface area contributed by atoms with Crippen molar-refractivity contribution >= 4 is 11.8 Å². The molecule has 0 radical (unpaired) electrons. The molecule has 0 aromatic heterocycles. The average Bonchev–Trinajstić information content (AvgIpc) is 2.39. The maximum Gasteiger partial charge on any atom is 0.00666 e. The molecular formula is C8H13NS. The summed E-state index contributed by atoms with van der Waals surface area (Å²) in [6.07, 6.45) is 5.10. The monoisotopic (exact) mass is 155 g/mol. The quantitative estimate of drug-likeness (QED) is 0.570. The lowest BCUT2D eigenvalue weighted by atomic mass is 9.81. The molecule has 1 N–H and O–H groups in total. The molecule has 1 nitrogen and oxygen atoms in total. The Hall–Kier alpha value is 0.0500. The summed E-state index contributed by atoms with van der Waals surface area (Å²) >= 11 is 1.97. The molecule has 2 aliphatic heterocycles. The van der Waals surface area contributed by atoms with E-state index < -0.39 is 0 Å². The van der Waals surface area contributed by atoms with Gasteiger partial charge in [0.2, 0.25) is 0 Å². The van der Waals surface area contributed by atoms with Gasteiger partial charge in [0.1, 0.15) is 0 Å². The molecule has 2 aliphatic rings. The maximum atomic E-state index is 3.39. The second kappa shape index (κ2) is 2.59. The lowest BCUT2D eigenvalue weighted by Crippen LogP contribution is -2.35. The molecule has 0 aromatic carbocycles. The average molecular weight is 155 g/mol. The highest BCUT2D eigenvalue weighted by atomic mass is 32.2. The number of allylic oxidation sites excluding steroid dienone is 1. The van der Waals surface area contributed by atoms with Crippen molar-refractivity contribution < 1.29 is 0 Å². The predicted octanol–water partition coefficient (Wildman–Crippen LogP) is 1.62. The third-order valence-corrected chi connectivity index (χ3v) is 3.56. The number of rotatable bonds is 0. The first-order chi connectivity index (χ1) is 4.91. The van der Waals surface area contributed by atoms with Crippen molar-refractivity contribution in [3.63, 3.8) is 0 Å². The molecule has 1 spiro atoms. The van der Waals surface area contributed by atoms with Crippen molar-refractivity contribution in [3.05, 3.63) is 11.5 Å². The molecule has 1 fully saturated rings. The molecule has 0 saturated carbocycles. The van der Waals surface area contributed by atoms with Crippen LogP contribution in [0.5, 0.6) is 0 Å². The third-order valence-electron chi connectivity index (χ3n) is 2.49. The first kappa shape index (κ1) is 6.74. The molecule has 0 atom stereocenters.